The van der Waals surface area contributed by atoms with Crippen molar-refractivity contribution in [2.24, 2.45) is 5.41 Å². The molecule has 2 saturated heterocycles. The van der Waals surface area contributed by atoms with Gasteiger partial charge in [0.25, 0.3) is 5.91 Å². The van der Waals surface area contributed by atoms with Gasteiger partial charge in [-0.1, -0.05) is 0 Å². The molecule has 1 aromatic carbocycles. The number of carbonyl (C=O) groups is 2. The Morgan fingerprint density at radius 3 is 2.84 bits per heavy atom. The number of aliphatic hydroxyl groups excluding tert-OH is 1. The normalized spacial score (nSPS) is 26.3. The lowest BCUT2D eigenvalue weighted by Gasteiger charge is -2.46. The van der Waals surface area contributed by atoms with E-state index >= 15 is 0 Å². The highest BCUT2D eigenvalue weighted by Crippen LogP contribution is 2.38. The summed E-state index contributed by atoms with van der Waals surface area (Å²) in [6.45, 7) is 1.24. The Hall–Kier alpha value is -2.28. The minimum Gasteiger partial charge on any atom is -0.497 e. The number of piperidine rings is 2. The van der Waals surface area contributed by atoms with Crippen molar-refractivity contribution in [3.63, 3.8) is 0 Å². The van der Waals surface area contributed by atoms with Crippen molar-refractivity contribution < 1.29 is 24.2 Å². The summed E-state index contributed by atoms with van der Waals surface area (Å²) in [5.41, 5.74) is -0.489. The lowest BCUT2D eigenvalue weighted by Crippen LogP contribution is -2.62. The molecule has 0 unspecified atom stereocenters. The average molecular weight is 348 g/mol. The highest BCUT2D eigenvalue weighted by molar-refractivity contribution is 5.98. The van der Waals surface area contributed by atoms with E-state index in [1.165, 1.54) is 7.11 Å². The van der Waals surface area contributed by atoms with E-state index in [0.717, 1.165) is 6.42 Å². The molecular formula is C18H24N2O5. The number of methoxy groups -OCH3 is 2. The largest absolute Gasteiger partial charge is 0.497 e. The Kier molecular flexibility index (Phi) is 4.85. The fraction of sp³-hybridized carbons (Fsp3) is 0.556. The van der Waals surface area contributed by atoms with E-state index in [0.29, 0.717) is 43.0 Å². The average Bonchev–Trinajstić information content (AvgIpc) is 2.65. The number of nitrogens with zero attached hydrogens (tertiary/aromatic N) is 1. The van der Waals surface area contributed by atoms with Crippen LogP contribution in [-0.2, 0) is 4.79 Å². The van der Waals surface area contributed by atoms with Crippen molar-refractivity contribution >= 4 is 11.8 Å². The number of carbonyl (C=O) groups excluding carboxylic acids is 2. The summed E-state index contributed by atoms with van der Waals surface area (Å²) in [4.78, 5) is 27.1. The number of nitrogens with one attached hydrogen (secondary N) is 1. The quantitative estimate of drug-likeness (QED) is 0.844. The van der Waals surface area contributed by atoms with E-state index in [9.17, 15) is 14.7 Å². The first-order valence-electron chi connectivity index (χ1n) is 8.49. The number of likely N-dealkylation sites (tertiary alicyclic amines) is 1. The maximum atomic E-state index is 13.0. The Morgan fingerprint density at radius 2 is 2.16 bits per heavy atom. The molecule has 0 radical (unpaired) electrons. The van der Waals surface area contributed by atoms with Crippen molar-refractivity contribution in [3.8, 4) is 11.5 Å². The Morgan fingerprint density at radius 1 is 1.36 bits per heavy atom. The molecule has 2 atom stereocenters. The Balaban J connectivity index is 1.87. The van der Waals surface area contributed by atoms with Crippen LogP contribution in [0.2, 0.25) is 0 Å². The monoisotopic (exact) mass is 348 g/mol. The van der Waals surface area contributed by atoms with Gasteiger partial charge in [0.15, 0.2) is 0 Å². The van der Waals surface area contributed by atoms with Crippen molar-refractivity contribution in [3.05, 3.63) is 23.8 Å². The number of rotatable bonds is 3. The lowest BCUT2D eigenvalue weighted by molar-refractivity contribution is -0.147. The Labute approximate surface area is 146 Å². The molecule has 2 amide bonds. The smallest absolute Gasteiger partial charge is 0.257 e. The van der Waals surface area contributed by atoms with Crippen LogP contribution in [-0.4, -0.2) is 61.8 Å². The van der Waals surface area contributed by atoms with E-state index in [-0.39, 0.29) is 18.4 Å². The molecule has 7 nitrogen and oxygen atoms in total. The molecule has 0 aromatic heterocycles. The van der Waals surface area contributed by atoms with Gasteiger partial charge in [-0.05, 0) is 31.4 Å². The van der Waals surface area contributed by atoms with Gasteiger partial charge in [-0.25, -0.2) is 0 Å². The van der Waals surface area contributed by atoms with E-state index in [4.69, 9.17) is 9.47 Å². The second-order valence-corrected chi connectivity index (χ2v) is 6.61. The van der Waals surface area contributed by atoms with Crippen LogP contribution in [0.3, 0.4) is 0 Å². The molecule has 1 aromatic rings. The molecule has 2 aliphatic rings. The number of hydrogen-bond acceptors (Lipinski definition) is 5. The van der Waals surface area contributed by atoms with Gasteiger partial charge in [-0.3, -0.25) is 9.59 Å². The SMILES string of the molecule is COc1ccc(C(=O)N2CC[C@@H](O)[C@@]3(CCCNC3=O)C2)c(OC)c1. The molecule has 25 heavy (non-hydrogen) atoms. The number of ether oxygens (including phenoxy) is 2. The minimum atomic E-state index is -0.911. The summed E-state index contributed by atoms with van der Waals surface area (Å²) >= 11 is 0. The van der Waals surface area contributed by atoms with Gasteiger partial charge in [0.05, 0.1) is 31.3 Å². The van der Waals surface area contributed by atoms with Gasteiger partial charge in [-0.15, -0.1) is 0 Å². The lowest BCUT2D eigenvalue weighted by atomic mass is 9.71. The second kappa shape index (κ2) is 6.92. The first kappa shape index (κ1) is 17.5. The number of hydrogen-bond donors (Lipinski definition) is 2. The van der Waals surface area contributed by atoms with Gasteiger partial charge in [0.2, 0.25) is 5.91 Å². The van der Waals surface area contributed by atoms with Crippen molar-refractivity contribution in [1.29, 1.82) is 0 Å². The molecule has 1 spiro atoms. The van der Waals surface area contributed by atoms with E-state index in [2.05, 4.69) is 5.32 Å². The topological polar surface area (TPSA) is 88.1 Å². The molecule has 0 bridgehead atoms. The Bertz CT molecular complexity index is 677. The molecule has 2 N–H and O–H groups in total. The van der Waals surface area contributed by atoms with Crippen molar-refractivity contribution in [2.45, 2.75) is 25.4 Å². The standard InChI is InChI=1S/C18H24N2O5/c1-24-12-4-5-13(14(10-12)25-2)16(22)20-9-6-15(21)18(11-20)7-3-8-19-17(18)23/h4-5,10,15,21H,3,6-9,11H2,1-2H3,(H,19,23)/t15-,18-/m1/s1. The predicted octanol–water partition coefficient (Wildman–Crippen LogP) is 0.807. The fourth-order valence-electron chi connectivity index (χ4n) is 3.76. The zero-order valence-electron chi connectivity index (χ0n) is 14.6. The minimum absolute atomic E-state index is 0.162. The van der Waals surface area contributed by atoms with Crippen LogP contribution in [0.5, 0.6) is 11.5 Å². The van der Waals surface area contributed by atoms with E-state index in [1.807, 2.05) is 0 Å². The molecule has 2 fully saturated rings. The molecular weight excluding hydrogens is 324 g/mol. The number of aliphatic hydroxyl groups is 1. The van der Waals surface area contributed by atoms with Crippen LogP contribution in [0.1, 0.15) is 29.6 Å². The molecule has 0 aliphatic carbocycles. The second-order valence-electron chi connectivity index (χ2n) is 6.61. The summed E-state index contributed by atoms with van der Waals surface area (Å²) in [6, 6.07) is 5.03. The maximum absolute atomic E-state index is 13.0. The van der Waals surface area contributed by atoms with Gasteiger partial charge in [0.1, 0.15) is 11.5 Å². The third-order valence-corrected chi connectivity index (χ3v) is 5.25. The van der Waals surface area contributed by atoms with Crippen LogP contribution in [0.25, 0.3) is 0 Å². The summed E-state index contributed by atoms with van der Waals surface area (Å²) in [5, 5.41) is 13.3. The fourth-order valence-corrected chi connectivity index (χ4v) is 3.76. The van der Waals surface area contributed by atoms with E-state index < -0.39 is 11.5 Å². The van der Waals surface area contributed by atoms with Crippen LogP contribution < -0.4 is 14.8 Å². The van der Waals surface area contributed by atoms with Crippen LogP contribution in [0, 0.1) is 5.41 Å². The van der Waals surface area contributed by atoms with Gasteiger partial charge in [0, 0.05) is 25.7 Å². The third kappa shape index (κ3) is 3.04. The van der Waals surface area contributed by atoms with Gasteiger partial charge < -0.3 is 24.8 Å². The first-order valence-corrected chi connectivity index (χ1v) is 8.49. The van der Waals surface area contributed by atoms with Gasteiger partial charge >= 0.3 is 0 Å². The molecule has 0 saturated carbocycles. The maximum Gasteiger partial charge on any atom is 0.257 e. The zero-order valence-corrected chi connectivity index (χ0v) is 14.6. The molecule has 136 valence electrons. The predicted molar refractivity (Wildman–Crippen MR) is 90.8 cm³/mol. The summed E-state index contributed by atoms with van der Waals surface area (Å²) in [6.07, 6.45) is 1.05. The van der Waals surface area contributed by atoms with Crippen LogP contribution in [0.15, 0.2) is 18.2 Å². The molecule has 2 heterocycles. The van der Waals surface area contributed by atoms with Gasteiger partial charge in [-0.2, -0.15) is 0 Å². The summed E-state index contributed by atoms with van der Waals surface area (Å²) < 4.78 is 10.5. The van der Waals surface area contributed by atoms with Crippen molar-refractivity contribution in [2.75, 3.05) is 33.9 Å². The summed E-state index contributed by atoms with van der Waals surface area (Å²) in [7, 11) is 3.05. The molecule has 2 aliphatic heterocycles. The number of amides is 2. The third-order valence-electron chi connectivity index (χ3n) is 5.25. The van der Waals surface area contributed by atoms with E-state index in [1.54, 1.807) is 30.2 Å². The highest BCUT2D eigenvalue weighted by Gasteiger charge is 2.50. The zero-order chi connectivity index (χ0) is 18.0. The summed E-state index contributed by atoms with van der Waals surface area (Å²) in [5.74, 6) is 0.665. The van der Waals surface area contributed by atoms with Crippen molar-refractivity contribution in [1.82, 2.24) is 10.2 Å². The first-order chi connectivity index (χ1) is 12.0. The highest BCUT2D eigenvalue weighted by atomic mass is 16.5. The molecule has 3 rings (SSSR count). The van der Waals surface area contributed by atoms with Crippen LogP contribution in [0.4, 0.5) is 0 Å². The molecule has 7 heteroatoms. The van der Waals surface area contributed by atoms with Crippen LogP contribution >= 0.6 is 0 Å². The number of benzene rings is 1.